The molecule has 1 fully saturated rings. The Balaban J connectivity index is 1.85. The molecule has 0 aliphatic carbocycles. The summed E-state index contributed by atoms with van der Waals surface area (Å²) in [6.45, 7) is 7.12. The Bertz CT molecular complexity index is 323. The van der Waals surface area contributed by atoms with Crippen LogP contribution < -0.4 is 5.32 Å². The number of nitrogens with one attached hydrogen (secondary N) is 1. The third-order valence-corrected chi connectivity index (χ3v) is 4.91. The fourth-order valence-electron chi connectivity index (χ4n) is 2.76. The van der Waals surface area contributed by atoms with Gasteiger partial charge in [-0.15, -0.1) is 11.3 Å². The van der Waals surface area contributed by atoms with Crippen LogP contribution in [0.1, 0.15) is 37.6 Å². The van der Waals surface area contributed by atoms with E-state index in [0.717, 1.165) is 5.92 Å². The van der Waals surface area contributed by atoms with Gasteiger partial charge in [0.2, 0.25) is 0 Å². The average molecular weight is 252 g/mol. The number of rotatable bonds is 4. The predicted octanol–water partition coefficient (Wildman–Crippen LogP) is 3.13. The summed E-state index contributed by atoms with van der Waals surface area (Å²) in [6.07, 6.45) is 2.72. The molecule has 1 aliphatic heterocycles. The van der Waals surface area contributed by atoms with Crippen molar-refractivity contribution in [2.45, 2.75) is 38.8 Å². The van der Waals surface area contributed by atoms with Crippen molar-refractivity contribution in [1.82, 2.24) is 10.2 Å². The minimum atomic E-state index is 0.484. The van der Waals surface area contributed by atoms with Crippen LogP contribution >= 0.6 is 11.3 Å². The van der Waals surface area contributed by atoms with E-state index in [-0.39, 0.29) is 0 Å². The highest BCUT2D eigenvalue weighted by molar-refractivity contribution is 7.10. The zero-order valence-corrected chi connectivity index (χ0v) is 12.0. The lowest BCUT2D eigenvalue weighted by Gasteiger charge is -2.35. The standard InChI is InChI=1S/C14H24N2S/c1-11(13-6-4-8-16(3)10-13)15-12(2)14-7-5-9-17-14/h5,7,9,11-13,15H,4,6,8,10H2,1-3H3. The van der Waals surface area contributed by atoms with Crippen molar-refractivity contribution in [3.8, 4) is 0 Å². The first-order valence-corrected chi connectivity index (χ1v) is 7.53. The maximum Gasteiger partial charge on any atom is 0.0388 e. The zero-order valence-electron chi connectivity index (χ0n) is 11.1. The summed E-state index contributed by atoms with van der Waals surface area (Å²) >= 11 is 1.85. The summed E-state index contributed by atoms with van der Waals surface area (Å²) in [5, 5.41) is 5.92. The smallest absolute Gasteiger partial charge is 0.0388 e. The third-order valence-electron chi connectivity index (χ3n) is 3.85. The van der Waals surface area contributed by atoms with E-state index >= 15 is 0 Å². The summed E-state index contributed by atoms with van der Waals surface area (Å²) in [4.78, 5) is 3.91. The van der Waals surface area contributed by atoms with E-state index in [0.29, 0.717) is 12.1 Å². The van der Waals surface area contributed by atoms with Crippen LogP contribution in [0.3, 0.4) is 0 Å². The van der Waals surface area contributed by atoms with Crippen molar-refractivity contribution < 1.29 is 0 Å². The minimum absolute atomic E-state index is 0.484. The van der Waals surface area contributed by atoms with Gasteiger partial charge < -0.3 is 10.2 Å². The topological polar surface area (TPSA) is 15.3 Å². The molecule has 0 aromatic carbocycles. The summed E-state index contributed by atoms with van der Waals surface area (Å²) in [5.41, 5.74) is 0. The van der Waals surface area contributed by atoms with Crippen LogP contribution in [0, 0.1) is 5.92 Å². The van der Waals surface area contributed by atoms with E-state index in [1.807, 2.05) is 11.3 Å². The van der Waals surface area contributed by atoms with Crippen LogP contribution in [0.2, 0.25) is 0 Å². The third kappa shape index (κ3) is 3.54. The van der Waals surface area contributed by atoms with Crippen LogP contribution in [0.5, 0.6) is 0 Å². The van der Waals surface area contributed by atoms with E-state index in [2.05, 4.69) is 48.6 Å². The first-order valence-electron chi connectivity index (χ1n) is 6.65. The van der Waals surface area contributed by atoms with Crippen molar-refractivity contribution in [3.63, 3.8) is 0 Å². The Morgan fingerprint density at radius 3 is 2.94 bits per heavy atom. The summed E-state index contributed by atoms with van der Waals surface area (Å²) in [7, 11) is 2.24. The lowest BCUT2D eigenvalue weighted by atomic mass is 9.91. The molecule has 3 unspecified atom stereocenters. The van der Waals surface area contributed by atoms with Crippen LogP contribution in [0.25, 0.3) is 0 Å². The van der Waals surface area contributed by atoms with Crippen molar-refractivity contribution in [2.75, 3.05) is 20.1 Å². The molecule has 1 saturated heterocycles. The van der Waals surface area contributed by atoms with E-state index in [9.17, 15) is 0 Å². The highest BCUT2D eigenvalue weighted by Crippen LogP contribution is 2.23. The highest BCUT2D eigenvalue weighted by atomic mass is 32.1. The van der Waals surface area contributed by atoms with Gasteiger partial charge in [0.1, 0.15) is 0 Å². The molecule has 2 heterocycles. The molecule has 3 heteroatoms. The Hall–Kier alpha value is -0.380. The molecule has 17 heavy (non-hydrogen) atoms. The fraction of sp³-hybridized carbons (Fsp3) is 0.714. The Labute approximate surface area is 109 Å². The molecule has 1 N–H and O–H groups in total. The Morgan fingerprint density at radius 2 is 2.29 bits per heavy atom. The van der Waals surface area contributed by atoms with E-state index in [1.165, 1.54) is 30.8 Å². The first kappa shape index (κ1) is 13.1. The highest BCUT2D eigenvalue weighted by Gasteiger charge is 2.23. The molecular weight excluding hydrogens is 228 g/mol. The van der Waals surface area contributed by atoms with Gasteiger partial charge in [0.05, 0.1) is 0 Å². The lowest BCUT2D eigenvalue weighted by molar-refractivity contribution is 0.174. The van der Waals surface area contributed by atoms with Gasteiger partial charge in [-0.2, -0.15) is 0 Å². The van der Waals surface area contributed by atoms with Gasteiger partial charge >= 0.3 is 0 Å². The normalized spacial score (nSPS) is 25.7. The van der Waals surface area contributed by atoms with Gasteiger partial charge in [-0.3, -0.25) is 0 Å². The summed E-state index contributed by atoms with van der Waals surface area (Å²) < 4.78 is 0. The van der Waals surface area contributed by atoms with Crippen molar-refractivity contribution in [1.29, 1.82) is 0 Å². The second-order valence-electron chi connectivity index (χ2n) is 5.36. The lowest BCUT2D eigenvalue weighted by Crippen LogP contribution is -2.43. The summed E-state index contributed by atoms with van der Waals surface area (Å²) in [5.74, 6) is 0.802. The second-order valence-corrected chi connectivity index (χ2v) is 6.34. The number of hydrogen-bond acceptors (Lipinski definition) is 3. The Morgan fingerprint density at radius 1 is 1.47 bits per heavy atom. The molecule has 0 saturated carbocycles. The molecular formula is C14H24N2S. The fourth-order valence-corrected chi connectivity index (χ4v) is 3.51. The van der Waals surface area contributed by atoms with Gasteiger partial charge in [-0.1, -0.05) is 6.07 Å². The molecule has 0 amide bonds. The Kier molecular flexibility index (Phi) is 4.60. The van der Waals surface area contributed by atoms with Gasteiger partial charge in [0.15, 0.2) is 0 Å². The summed E-state index contributed by atoms with van der Waals surface area (Å²) in [6, 6.07) is 5.45. The molecule has 2 rings (SSSR count). The molecule has 0 bridgehead atoms. The molecule has 1 aliphatic rings. The quantitative estimate of drug-likeness (QED) is 0.885. The van der Waals surface area contributed by atoms with Crippen molar-refractivity contribution >= 4 is 11.3 Å². The first-order chi connectivity index (χ1) is 8.16. The number of likely N-dealkylation sites (tertiary alicyclic amines) is 1. The van der Waals surface area contributed by atoms with Crippen LogP contribution in [0.15, 0.2) is 17.5 Å². The molecule has 96 valence electrons. The molecule has 1 aromatic heterocycles. The van der Waals surface area contributed by atoms with E-state index < -0.39 is 0 Å². The van der Waals surface area contributed by atoms with Crippen molar-refractivity contribution in [2.24, 2.45) is 5.92 Å². The van der Waals surface area contributed by atoms with Crippen LogP contribution in [-0.2, 0) is 0 Å². The molecule has 0 radical (unpaired) electrons. The monoisotopic (exact) mass is 252 g/mol. The average Bonchev–Trinajstić information content (AvgIpc) is 2.82. The number of nitrogens with zero attached hydrogens (tertiary/aromatic N) is 1. The van der Waals surface area contributed by atoms with Gasteiger partial charge in [-0.05, 0) is 57.6 Å². The number of hydrogen-bond donors (Lipinski definition) is 1. The van der Waals surface area contributed by atoms with Crippen molar-refractivity contribution in [3.05, 3.63) is 22.4 Å². The van der Waals surface area contributed by atoms with Gasteiger partial charge in [0.25, 0.3) is 0 Å². The number of thiophene rings is 1. The maximum absolute atomic E-state index is 3.76. The minimum Gasteiger partial charge on any atom is -0.307 e. The zero-order chi connectivity index (χ0) is 12.3. The number of piperidine rings is 1. The molecule has 3 atom stereocenters. The largest absolute Gasteiger partial charge is 0.307 e. The van der Waals surface area contributed by atoms with E-state index in [4.69, 9.17) is 0 Å². The predicted molar refractivity (Wildman–Crippen MR) is 75.6 cm³/mol. The molecule has 0 spiro atoms. The molecule has 2 nitrogen and oxygen atoms in total. The second kappa shape index (κ2) is 5.98. The maximum atomic E-state index is 3.76. The molecule has 1 aromatic rings. The van der Waals surface area contributed by atoms with E-state index in [1.54, 1.807) is 0 Å². The SMILES string of the molecule is CC(NC(C)C1CCCN(C)C1)c1cccs1. The van der Waals surface area contributed by atoms with Crippen LogP contribution in [0.4, 0.5) is 0 Å². The van der Waals surface area contributed by atoms with Gasteiger partial charge in [0, 0.05) is 23.5 Å². The van der Waals surface area contributed by atoms with Crippen LogP contribution in [-0.4, -0.2) is 31.1 Å². The van der Waals surface area contributed by atoms with Gasteiger partial charge in [-0.25, -0.2) is 0 Å².